The molecule has 1 aromatic carbocycles. The summed E-state index contributed by atoms with van der Waals surface area (Å²) >= 11 is 0. The number of carbonyl (C=O) groups excluding carboxylic acids is 1. The highest BCUT2D eigenvalue weighted by molar-refractivity contribution is 7.67. The van der Waals surface area contributed by atoms with E-state index in [1.54, 1.807) is 17.9 Å². The number of amidine groups is 1. The molecule has 32 heavy (non-hydrogen) atoms. The SMILES string of the molecule is CCOP1(=O)N=C(C2=C(O)C(C(C)(C)C)N(CCC(C)(C)C)C2=O)Nc2cccc(P)c21. The van der Waals surface area contributed by atoms with Crippen molar-refractivity contribution < 1.29 is 19.0 Å². The third kappa shape index (κ3) is 4.66. The van der Waals surface area contributed by atoms with Gasteiger partial charge in [-0.2, -0.15) is 4.76 Å². The summed E-state index contributed by atoms with van der Waals surface area (Å²) in [6.07, 6.45) is 0.780. The normalized spacial score (nSPS) is 23.9. The zero-order valence-corrected chi connectivity index (χ0v) is 22.1. The lowest BCUT2D eigenvalue weighted by Gasteiger charge is -2.36. The van der Waals surface area contributed by atoms with Crippen molar-refractivity contribution in [1.82, 2.24) is 4.90 Å². The lowest BCUT2D eigenvalue weighted by molar-refractivity contribution is -0.128. The second-order valence-corrected chi connectivity index (χ2v) is 13.2. The molecule has 0 radical (unpaired) electrons. The maximum atomic E-state index is 13.8. The van der Waals surface area contributed by atoms with E-state index < -0.39 is 19.0 Å². The summed E-state index contributed by atoms with van der Waals surface area (Å²) in [5.41, 5.74) is 0.260. The quantitative estimate of drug-likeness (QED) is 0.612. The molecule has 3 atom stereocenters. The van der Waals surface area contributed by atoms with Crippen LogP contribution in [0.25, 0.3) is 0 Å². The number of amides is 1. The average Bonchev–Trinajstić information content (AvgIpc) is 2.89. The molecule has 2 aliphatic rings. The molecule has 7 nitrogen and oxygen atoms in total. The molecule has 9 heteroatoms. The fourth-order valence-electron chi connectivity index (χ4n) is 4.13. The third-order valence-electron chi connectivity index (χ3n) is 5.60. The van der Waals surface area contributed by atoms with Crippen LogP contribution < -0.4 is 15.9 Å². The number of fused-ring (bicyclic) bond motifs is 1. The van der Waals surface area contributed by atoms with Crippen molar-refractivity contribution in [3.05, 3.63) is 29.5 Å². The van der Waals surface area contributed by atoms with Gasteiger partial charge in [0.1, 0.15) is 11.3 Å². The van der Waals surface area contributed by atoms with E-state index in [0.29, 0.717) is 22.8 Å². The van der Waals surface area contributed by atoms with Crippen LogP contribution in [0.4, 0.5) is 5.69 Å². The minimum Gasteiger partial charge on any atom is -0.509 e. The maximum Gasteiger partial charge on any atom is 0.349 e. The van der Waals surface area contributed by atoms with Gasteiger partial charge < -0.3 is 19.8 Å². The first-order valence-electron chi connectivity index (χ1n) is 10.9. The van der Waals surface area contributed by atoms with Gasteiger partial charge >= 0.3 is 7.52 Å². The molecule has 0 fully saturated rings. The van der Waals surface area contributed by atoms with Gasteiger partial charge in [0.05, 0.1) is 23.6 Å². The molecule has 1 aromatic rings. The Balaban J connectivity index is 2.11. The number of hydrogen-bond acceptors (Lipinski definition) is 5. The lowest BCUT2D eigenvalue weighted by Crippen LogP contribution is -2.45. The molecule has 3 rings (SSSR count). The number of anilines is 1. The molecule has 0 aliphatic carbocycles. The van der Waals surface area contributed by atoms with Crippen molar-refractivity contribution in [3.8, 4) is 0 Å². The Bertz CT molecular complexity index is 1030. The first-order valence-corrected chi connectivity index (χ1v) is 13.1. The predicted molar refractivity (Wildman–Crippen MR) is 134 cm³/mol. The van der Waals surface area contributed by atoms with Crippen LogP contribution in [0, 0.1) is 10.8 Å². The third-order valence-corrected chi connectivity index (χ3v) is 8.46. The second kappa shape index (κ2) is 8.59. The summed E-state index contributed by atoms with van der Waals surface area (Å²) in [6.45, 7) is 14.8. The first kappa shape index (κ1) is 25.0. The molecular weight excluding hydrogens is 444 g/mol. The fraction of sp³-hybridized carbons (Fsp3) is 0.565. The van der Waals surface area contributed by atoms with Crippen molar-refractivity contribution >= 4 is 44.8 Å². The Hall–Kier alpha value is -1.68. The zero-order chi connectivity index (χ0) is 24.1. The molecule has 3 unspecified atom stereocenters. The van der Waals surface area contributed by atoms with E-state index in [2.05, 4.69) is 40.1 Å². The molecule has 2 aliphatic heterocycles. The summed E-state index contributed by atoms with van der Waals surface area (Å²) in [5.74, 6) is -0.262. The summed E-state index contributed by atoms with van der Waals surface area (Å²) in [6, 6.07) is 4.92. The summed E-state index contributed by atoms with van der Waals surface area (Å²) in [5, 5.41) is 15.6. The van der Waals surface area contributed by atoms with Crippen molar-refractivity contribution in [3.63, 3.8) is 0 Å². The molecule has 0 aromatic heterocycles. The molecule has 1 amide bonds. The smallest absolute Gasteiger partial charge is 0.349 e. The summed E-state index contributed by atoms with van der Waals surface area (Å²) < 4.78 is 23.8. The van der Waals surface area contributed by atoms with Crippen LogP contribution in [0.15, 0.2) is 34.3 Å². The minimum atomic E-state index is -3.64. The fourth-order valence-corrected chi connectivity index (χ4v) is 6.78. The summed E-state index contributed by atoms with van der Waals surface area (Å²) in [7, 11) is -1.08. The Morgan fingerprint density at radius 1 is 1.25 bits per heavy atom. The maximum absolute atomic E-state index is 13.8. The summed E-state index contributed by atoms with van der Waals surface area (Å²) in [4.78, 5) is 15.3. The van der Waals surface area contributed by atoms with Crippen molar-refractivity contribution in [2.24, 2.45) is 15.6 Å². The van der Waals surface area contributed by atoms with E-state index in [-0.39, 0.29) is 35.1 Å². The van der Waals surface area contributed by atoms with Crippen molar-refractivity contribution in [2.75, 3.05) is 18.5 Å². The molecular formula is C23H35N3O4P2. The van der Waals surface area contributed by atoms with Gasteiger partial charge in [-0.25, -0.2) is 0 Å². The highest BCUT2D eigenvalue weighted by atomic mass is 31.2. The van der Waals surface area contributed by atoms with E-state index >= 15 is 0 Å². The van der Waals surface area contributed by atoms with Crippen molar-refractivity contribution in [2.45, 2.75) is 60.9 Å². The van der Waals surface area contributed by atoms with E-state index in [1.165, 1.54) is 0 Å². The van der Waals surface area contributed by atoms with Gasteiger partial charge in [-0.05, 0) is 35.5 Å². The van der Waals surface area contributed by atoms with Crippen molar-refractivity contribution in [1.29, 1.82) is 0 Å². The van der Waals surface area contributed by atoms with Gasteiger partial charge in [0.15, 0.2) is 5.84 Å². The highest BCUT2D eigenvalue weighted by Gasteiger charge is 2.48. The number of nitrogens with one attached hydrogen (secondary N) is 1. The first-order chi connectivity index (χ1) is 14.7. The molecule has 176 valence electrons. The largest absolute Gasteiger partial charge is 0.509 e. The number of hydrogen-bond donors (Lipinski definition) is 2. The highest BCUT2D eigenvalue weighted by Crippen LogP contribution is 2.52. The number of nitrogens with zero attached hydrogens (tertiary/aromatic N) is 2. The predicted octanol–water partition coefficient (Wildman–Crippen LogP) is 4.37. The lowest BCUT2D eigenvalue weighted by atomic mass is 9.84. The monoisotopic (exact) mass is 479 g/mol. The van der Waals surface area contributed by atoms with Crippen LogP contribution in [0.2, 0.25) is 0 Å². The Morgan fingerprint density at radius 2 is 1.91 bits per heavy atom. The zero-order valence-electron chi connectivity index (χ0n) is 20.0. The van der Waals surface area contributed by atoms with E-state index in [1.807, 2.05) is 32.9 Å². The molecule has 0 bridgehead atoms. The van der Waals surface area contributed by atoms with Crippen LogP contribution in [0.5, 0.6) is 0 Å². The Morgan fingerprint density at radius 3 is 2.47 bits per heavy atom. The standard InChI is InChI=1S/C23H35N3O4P2/c1-8-30-32(29)18-14(10-9-11-15(18)31)24-20(25-32)16-17(27)19(23(5,6)7)26(21(16)28)13-12-22(2,3)4/h9-11,19,27H,8,12-13,31H2,1-7H3,(H,24,25,29). The van der Waals surface area contributed by atoms with Crippen LogP contribution >= 0.6 is 16.8 Å². The minimum absolute atomic E-state index is 0.0283. The average molecular weight is 479 g/mol. The number of rotatable bonds is 5. The van der Waals surface area contributed by atoms with Crippen LogP contribution in [0.3, 0.4) is 0 Å². The van der Waals surface area contributed by atoms with E-state index in [4.69, 9.17) is 4.52 Å². The molecule has 0 saturated heterocycles. The van der Waals surface area contributed by atoms with Crippen LogP contribution in [0.1, 0.15) is 54.9 Å². The Labute approximate surface area is 193 Å². The Kier molecular flexibility index (Phi) is 6.70. The number of aliphatic hydroxyl groups is 1. The van der Waals surface area contributed by atoms with Gasteiger partial charge in [-0.15, -0.1) is 9.24 Å². The van der Waals surface area contributed by atoms with Gasteiger partial charge in [0.2, 0.25) is 0 Å². The topological polar surface area (TPSA) is 91.2 Å². The van der Waals surface area contributed by atoms with Gasteiger partial charge in [0.25, 0.3) is 5.91 Å². The number of aliphatic hydroxyl groups excluding tert-OH is 1. The number of carbonyl (C=O) groups is 1. The van der Waals surface area contributed by atoms with Gasteiger partial charge in [0, 0.05) is 6.54 Å². The second-order valence-electron chi connectivity index (χ2n) is 10.6. The van der Waals surface area contributed by atoms with E-state index in [0.717, 1.165) is 6.42 Å². The van der Waals surface area contributed by atoms with Crippen LogP contribution in [-0.4, -0.2) is 40.9 Å². The van der Waals surface area contributed by atoms with Gasteiger partial charge in [-0.1, -0.05) is 53.7 Å². The van der Waals surface area contributed by atoms with E-state index in [9.17, 15) is 14.5 Å². The molecule has 2 N–H and O–H groups in total. The molecule has 0 saturated carbocycles. The van der Waals surface area contributed by atoms with Crippen LogP contribution in [-0.2, 0) is 13.9 Å². The van der Waals surface area contributed by atoms with Gasteiger partial charge in [-0.3, -0.25) is 9.36 Å². The number of benzene rings is 1. The molecule has 2 heterocycles. The molecule has 0 spiro atoms.